The van der Waals surface area contributed by atoms with Crippen LogP contribution >= 0.6 is 0 Å². The van der Waals surface area contributed by atoms with E-state index in [-0.39, 0.29) is 48.2 Å². The second kappa shape index (κ2) is 14.5. The van der Waals surface area contributed by atoms with Crippen molar-refractivity contribution in [2.24, 2.45) is 28.6 Å². The number of rotatable bonds is 11. The number of fused-ring (bicyclic) bond motifs is 3. The Morgan fingerprint density at radius 2 is 1.64 bits per heavy atom. The van der Waals surface area contributed by atoms with E-state index in [0.717, 1.165) is 18.1 Å². The van der Waals surface area contributed by atoms with E-state index in [1.54, 1.807) is 47.8 Å². The number of phenolic OH excluding ortho intramolecular Hbond substituents is 1. The molecule has 1 saturated carbocycles. The van der Waals surface area contributed by atoms with Crippen LogP contribution in [0.15, 0.2) is 77.6 Å². The molecular formula is C45H50O10. The third kappa shape index (κ3) is 6.24. The van der Waals surface area contributed by atoms with Crippen LogP contribution in [0.4, 0.5) is 0 Å². The molecule has 290 valence electrons. The summed E-state index contributed by atoms with van der Waals surface area (Å²) in [6, 6.07) is 18.6. The van der Waals surface area contributed by atoms with E-state index < -0.39 is 62.7 Å². The molecule has 0 bridgehead atoms. The van der Waals surface area contributed by atoms with E-state index >= 15 is 0 Å². The molecule has 4 N–H and O–H groups in total. The molecule has 0 aliphatic heterocycles. The Balaban J connectivity index is 1.46. The number of ketones is 3. The number of phenols is 1. The van der Waals surface area contributed by atoms with Crippen molar-refractivity contribution >= 4 is 29.1 Å². The number of aliphatic hydroxyl groups is 3. The number of allylic oxidation sites excluding steroid dienone is 1. The number of hydrogen-bond donors (Lipinski definition) is 4. The molecule has 3 aliphatic rings. The van der Waals surface area contributed by atoms with Crippen LogP contribution in [0.2, 0.25) is 0 Å². The van der Waals surface area contributed by atoms with Crippen molar-refractivity contribution in [3.05, 3.63) is 99.8 Å². The Morgan fingerprint density at radius 3 is 2.25 bits per heavy atom. The summed E-state index contributed by atoms with van der Waals surface area (Å²) >= 11 is 0. The van der Waals surface area contributed by atoms with Crippen LogP contribution in [0, 0.1) is 28.6 Å². The molecule has 0 saturated heterocycles. The summed E-state index contributed by atoms with van der Waals surface area (Å²) < 4.78 is 11.3. The van der Waals surface area contributed by atoms with Gasteiger partial charge in [-0.25, -0.2) is 0 Å². The van der Waals surface area contributed by atoms with Crippen molar-refractivity contribution in [2.75, 3.05) is 13.7 Å². The average Bonchev–Trinajstić information content (AvgIpc) is 3.11. The van der Waals surface area contributed by atoms with Crippen LogP contribution in [0.3, 0.4) is 0 Å². The molecule has 0 aromatic heterocycles. The number of esters is 1. The normalized spacial score (nSPS) is 25.3. The van der Waals surface area contributed by atoms with Crippen molar-refractivity contribution in [3.8, 4) is 22.6 Å². The van der Waals surface area contributed by atoms with Crippen molar-refractivity contribution < 1.29 is 49.1 Å². The van der Waals surface area contributed by atoms with Gasteiger partial charge in [0.25, 0.3) is 0 Å². The molecule has 3 aromatic carbocycles. The number of hydrogen-bond acceptors (Lipinski definition) is 10. The summed E-state index contributed by atoms with van der Waals surface area (Å²) in [6.45, 7) is 10.1. The van der Waals surface area contributed by atoms with Crippen molar-refractivity contribution in [1.82, 2.24) is 0 Å². The lowest BCUT2D eigenvalue weighted by molar-refractivity contribution is -0.178. The molecule has 0 heterocycles. The number of carbonyl (C=O) groups excluding carboxylic acids is 4. The lowest BCUT2D eigenvalue weighted by Gasteiger charge is -2.59. The molecule has 3 aliphatic carbocycles. The fourth-order valence-electron chi connectivity index (χ4n) is 9.89. The van der Waals surface area contributed by atoms with Gasteiger partial charge in [-0.2, -0.15) is 0 Å². The monoisotopic (exact) mass is 750 g/mol. The number of carbonyl (C=O) groups is 4. The topological polar surface area (TPSA) is 168 Å². The number of methoxy groups -OCH3 is 1. The Kier molecular flexibility index (Phi) is 10.4. The van der Waals surface area contributed by atoms with E-state index in [0.29, 0.717) is 41.7 Å². The molecule has 6 rings (SSSR count). The maximum atomic E-state index is 14.7. The van der Waals surface area contributed by atoms with Gasteiger partial charge in [-0.3, -0.25) is 19.2 Å². The molecule has 0 amide bonds. The first kappa shape index (κ1) is 39.5. The van der Waals surface area contributed by atoms with Gasteiger partial charge < -0.3 is 29.9 Å². The summed E-state index contributed by atoms with van der Waals surface area (Å²) in [7, 11) is 1.54. The van der Waals surface area contributed by atoms with Crippen molar-refractivity contribution in [3.63, 3.8) is 0 Å². The summed E-state index contributed by atoms with van der Waals surface area (Å²) in [5, 5.41) is 47.2. The maximum Gasteiger partial charge on any atom is 0.309 e. The number of benzene rings is 3. The third-order valence-electron chi connectivity index (χ3n) is 12.2. The minimum absolute atomic E-state index is 0.00535. The summed E-state index contributed by atoms with van der Waals surface area (Å²) in [6.07, 6.45) is 1.68. The highest BCUT2D eigenvalue weighted by Crippen LogP contribution is 2.65. The zero-order valence-electron chi connectivity index (χ0n) is 32.5. The van der Waals surface area contributed by atoms with Gasteiger partial charge in [0.1, 0.15) is 28.6 Å². The Labute approximate surface area is 321 Å². The fraction of sp³-hybridized carbons (Fsp3) is 0.422. The summed E-state index contributed by atoms with van der Waals surface area (Å²) in [4.78, 5) is 54.4. The van der Waals surface area contributed by atoms with Gasteiger partial charge in [-0.15, -0.1) is 0 Å². The van der Waals surface area contributed by atoms with Gasteiger partial charge in [-0.05, 0) is 92.3 Å². The summed E-state index contributed by atoms with van der Waals surface area (Å²) in [5.74, 6) is -5.83. The molecule has 2 unspecified atom stereocenters. The Bertz CT molecular complexity index is 2150. The van der Waals surface area contributed by atoms with Crippen LogP contribution in [-0.4, -0.2) is 63.1 Å². The largest absolute Gasteiger partial charge is 0.508 e. The second-order valence-electron chi connectivity index (χ2n) is 16.2. The van der Waals surface area contributed by atoms with E-state index in [2.05, 4.69) is 0 Å². The molecular weight excluding hydrogens is 700 g/mol. The first-order chi connectivity index (χ1) is 25.9. The van der Waals surface area contributed by atoms with Gasteiger partial charge >= 0.3 is 5.97 Å². The lowest BCUT2D eigenvalue weighted by Crippen LogP contribution is -2.69. The zero-order chi connectivity index (χ0) is 40.2. The first-order valence-corrected chi connectivity index (χ1v) is 18.9. The van der Waals surface area contributed by atoms with E-state index in [9.17, 15) is 39.6 Å². The first-order valence-electron chi connectivity index (χ1n) is 18.9. The smallest absolute Gasteiger partial charge is 0.309 e. The average molecular weight is 751 g/mol. The molecule has 0 spiro atoms. The van der Waals surface area contributed by atoms with Gasteiger partial charge in [-0.1, -0.05) is 70.2 Å². The van der Waals surface area contributed by atoms with Crippen molar-refractivity contribution in [1.29, 1.82) is 0 Å². The Morgan fingerprint density at radius 1 is 0.945 bits per heavy atom. The Hall–Kier alpha value is -5.22. The maximum absolute atomic E-state index is 14.7. The molecule has 5 atom stereocenters. The molecule has 10 heteroatoms. The van der Waals surface area contributed by atoms with Crippen LogP contribution in [0.5, 0.6) is 11.5 Å². The predicted octanol–water partition coefficient (Wildman–Crippen LogP) is 7.22. The van der Waals surface area contributed by atoms with E-state index in [4.69, 9.17) is 9.47 Å². The van der Waals surface area contributed by atoms with Gasteiger partial charge in [0.2, 0.25) is 5.78 Å². The molecule has 1 fully saturated rings. The zero-order valence-corrected chi connectivity index (χ0v) is 32.5. The molecule has 3 aromatic rings. The minimum atomic E-state index is -2.69. The second-order valence-corrected chi connectivity index (χ2v) is 16.2. The van der Waals surface area contributed by atoms with Crippen LogP contribution < -0.4 is 4.74 Å². The number of aliphatic hydroxyl groups excluding tert-OH is 2. The SMILES string of the molecule is CCOC(=O)C(CCc1ccc(OC)c(-c2ccc(O)c3c2C[C@]2(C)C[C@]4(C)C(C(C)C)C(=O)C(C(C)=O)=C(O)[C@]4(O)C(=O)C2=C3O)c1)Cc1ccccc1. The molecule has 55 heavy (non-hydrogen) atoms. The highest BCUT2D eigenvalue weighted by Gasteiger charge is 2.72. The van der Waals surface area contributed by atoms with E-state index in [1.165, 1.54) is 6.07 Å². The van der Waals surface area contributed by atoms with Crippen LogP contribution in [0.25, 0.3) is 16.9 Å². The number of aryl methyl sites for hydroxylation is 1. The van der Waals surface area contributed by atoms with Crippen molar-refractivity contribution in [2.45, 2.75) is 79.2 Å². The van der Waals surface area contributed by atoms with E-state index in [1.807, 2.05) is 48.5 Å². The fourth-order valence-corrected chi connectivity index (χ4v) is 9.89. The van der Waals surface area contributed by atoms with Gasteiger partial charge in [0, 0.05) is 27.9 Å². The standard InChI is InChI=1S/C45H50O10/c1-8-55-42(52)28(20-26-12-10-9-11-13-26)16-14-27-15-19-33(54-7)30(21-27)29-17-18-32(47)35-31(29)22-43(5)23-44(6)36(24(2)3)38(48)34(25(4)46)40(50)45(44,53)41(51)37(43)39(35)49/h9-13,15,17-19,21,24,28,36,47,49-50,53H,8,14,16,20,22-23H2,1-7H3/t28?,36?,43-,44-,45+/m1/s1. The quantitative estimate of drug-likeness (QED) is 0.116. The third-order valence-corrected chi connectivity index (χ3v) is 12.2. The lowest BCUT2D eigenvalue weighted by atomic mass is 9.43. The van der Waals surface area contributed by atoms with Crippen LogP contribution in [-0.2, 0) is 43.2 Å². The van der Waals surface area contributed by atoms with Gasteiger partial charge in [0.15, 0.2) is 17.2 Å². The highest BCUT2D eigenvalue weighted by molar-refractivity contribution is 6.24. The minimum Gasteiger partial charge on any atom is -0.508 e. The van der Waals surface area contributed by atoms with Crippen LogP contribution in [0.1, 0.15) is 76.6 Å². The molecule has 0 radical (unpaired) electrons. The summed E-state index contributed by atoms with van der Waals surface area (Å²) in [5.41, 5.74) is -2.48. The molecule has 10 nitrogen and oxygen atoms in total. The number of aromatic hydroxyl groups is 1. The number of Topliss-reactive ketones (excluding diaryl/α,β-unsaturated/α-hetero) is 3. The number of ether oxygens (including phenoxy) is 2. The predicted molar refractivity (Wildman–Crippen MR) is 206 cm³/mol. The highest BCUT2D eigenvalue weighted by atomic mass is 16.5. The van der Waals surface area contributed by atoms with Gasteiger partial charge in [0.05, 0.1) is 25.2 Å².